The van der Waals surface area contributed by atoms with Crippen LogP contribution in [0.4, 0.5) is 0 Å². The lowest BCUT2D eigenvalue weighted by Crippen LogP contribution is -2.41. The highest BCUT2D eigenvalue weighted by molar-refractivity contribution is 5.94. The average Bonchev–Trinajstić information content (AvgIpc) is 3.29. The summed E-state index contributed by atoms with van der Waals surface area (Å²) in [5.41, 5.74) is 2.46. The molecule has 2 N–H and O–H groups in total. The molecule has 134 valence electrons. The molecule has 0 spiro atoms. The third-order valence-corrected chi connectivity index (χ3v) is 4.89. The van der Waals surface area contributed by atoms with Gasteiger partial charge in [-0.15, -0.1) is 0 Å². The van der Waals surface area contributed by atoms with E-state index in [4.69, 9.17) is 0 Å². The maximum Gasteiger partial charge on any atom is 0.251 e. The maximum absolute atomic E-state index is 12.7. The summed E-state index contributed by atoms with van der Waals surface area (Å²) in [6.45, 7) is 0. The van der Waals surface area contributed by atoms with E-state index in [1.54, 1.807) is 33.9 Å². The van der Waals surface area contributed by atoms with Gasteiger partial charge in [0.05, 0.1) is 24.0 Å². The number of carbonyl (C=O) groups excluding carboxylic acids is 1. The van der Waals surface area contributed by atoms with Gasteiger partial charge in [0.2, 0.25) is 0 Å². The van der Waals surface area contributed by atoms with Crippen LogP contribution in [0.1, 0.15) is 34.8 Å². The number of carbonyl (C=O) groups is 1. The Labute approximate surface area is 151 Å². The lowest BCUT2D eigenvalue weighted by atomic mass is 9.75. The molecule has 0 radical (unpaired) electrons. The van der Waals surface area contributed by atoms with Crippen LogP contribution in [0.5, 0.6) is 0 Å². The molecule has 1 amide bonds. The number of aryl methyl sites for hydroxylation is 1. The molecule has 1 saturated carbocycles. The zero-order chi connectivity index (χ0) is 18.1. The van der Waals surface area contributed by atoms with E-state index in [1.807, 2.05) is 37.6 Å². The van der Waals surface area contributed by atoms with Gasteiger partial charge < -0.3 is 10.4 Å². The first-order valence-electron chi connectivity index (χ1n) is 8.67. The Bertz CT molecular complexity index is 879. The molecule has 1 fully saturated rings. The average molecular weight is 351 g/mol. The molecule has 4 rings (SSSR count). The molecule has 2 heterocycles. The molecule has 3 aromatic rings. The van der Waals surface area contributed by atoms with Crippen molar-refractivity contribution in [2.24, 2.45) is 13.0 Å². The van der Waals surface area contributed by atoms with Crippen molar-refractivity contribution < 1.29 is 9.90 Å². The van der Waals surface area contributed by atoms with Gasteiger partial charge in [-0.05, 0) is 49.1 Å². The van der Waals surface area contributed by atoms with Crippen LogP contribution in [-0.4, -0.2) is 36.7 Å². The van der Waals surface area contributed by atoms with Crippen LogP contribution in [0.15, 0.2) is 55.1 Å². The van der Waals surface area contributed by atoms with E-state index in [1.165, 1.54) is 0 Å². The Balaban J connectivity index is 1.51. The maximum atomic E-state index is 12.7. The van der Waals surface area contributed by atoms with Gasteiger partial charge in [-0.1, -0.05) is 0 Å². The first-order valence-corrected chi connectivity index (χ1v) is 8.67. The van der Waals surface area contributed by atoms with Crippen LogP contribution >= 0.6 is 0 Å². The highest BCUT2D eigenvalue weighted by atomic mass is 16.3. The molecule has 0 aliphatic heterocycles. The number of hydrogen-bond acceptors (Lipinski definition) is 4. The highest BCUT2D eigenvalue weighted by Gasteiger charge is 2.36. The van der Waals surface area contributed by atoms with Crippen molar-refractivity contribution in [2.45, 2.75) is 25.0 Å². The smallest absolute Gasteiger partial charge is 0.251 e. The summed E-state index contributed by atoms with van der Waals surface area (Å²) in [4.78, 5) is 12.7. The summed E-state index contributed by atoms with van der Waals surface area (Å²) in [6.07, 6.45) is 8.37. The minimum absolute atomic E-state index is 0.132. The predicted molar refractivity (Wildman–Crippen MR) is 95.7 cm³/mol. The van der Waals surface area contributed by atoms with Crippen LogP contribution < -0.4 is 5.32 Å². The standard InChI is InChI=1S/C19H21N5O2/c1-23-12-15(11-21-23)18(14-9-17(25)10-14)22-19(26)13-3-5-16(6-4-13)24-8-2-7-20-24/h2-8,11-12,14,17-18,25H,9-10H2,1H3,(H,22,26). The van der Waals surface area contributed by atoms with Gasteiger partial charge in [-0.2, -0.15) is 10.2 Å². The molecule has 1 unspecified atom stereocenters. The van der Waals surface area contributed by atoms with Crippen molar-refractivity contribution in [3.05, 3.63) is 66.2 Å². The fourth-order valence-electron chi connectivity index (χ4n) is 3.39. The first kappa shape index (κ1) is 16.5. The number of aliphatic hydroxyl groups excluding tert-OH is 1. The fourth-order valence-corrected chi connectivity index (χ4v) is 3.39. The van der Waals surface area contributed by atoms with Gasteiger partial charge in [0.1, 0.15) is 0 Å². The first-order chi connectivity index (χ1) is 12.6. The van der Waals surface area contributed by atoms with Crippen LogP contribution in [-0.2, 0) is 7.05 Å². The van der Waals surface area contributed by atoms with E-state index in [2.05, 4.69) is 15.5 Å². The number of rotatable bonds is 5. The van der Waals surface area contributed by atoms with Crippen molar-refractivity contribution in [3.63, 3.8) is 0 Å². The number of aliphatic hydroxyl groups is 1. The van der Waals surface area contributed by atoms with Gasteiger partial charge in [0.25, 0.3) is 5.91 Å². The molecule has 1 aliphatic carbocycles. The fraction of sp³-hybridized carbons (Fsp3) is 0.316. The van der Waals surface area contributed by atoms with E-state index in [0.717, 1.165) is 11.3 Å². The highest BCUT2D eigenvalue weighted by Crippen LogP contribution is 2.38. The third-order valence-electron chi connectivity index (χ3n) is 4.89. The molecule has 1 atom stereocenters. The summed E-state index contributed by atoms with van der Waals surface area (Å²) >= 11 is 0. The topological polar surface area (TPSA) is 85.0 Å². The summed E-state index contributed by atoms with van der Waals surface area (Å²) in [5, 5.41) is 21.2. The zero-order valence-corrected chi connectivity index (χ0v) is 14.5. The Hall–Kier alpha value is -2.93. The zero-order valence-electron chi connectivity index (χ0n) is 14.5. The SMILES string of the molecule is Cn1cc(C(NC(=O)c2ccc(-n3cccn3)cc2)C2CC(O)C2)cn1. The Morgan fingerprint density at radius 2 is 2.04 bits per heavy atom. The lowest BCUT2D eigenvalue weighted by molar-refractivity contribution is 0.0235. The molecule has 2 aromatic heterocycles. The van der Waals surface area contributed by atoms with Crippen LogP contribution in [0.2, 0.25) is 0 Å². The Morgan fingerprint density at radius 3 is 2.62 bits per heavy atom. The minimum Gasteiger partial charge on any atom is -0.393 e. The quantitative estimate of drug-likeness (QED) is 0.735. The van der Waals surface area contributed by atoms with Crippen molar-refractivity contribution in [1.82, 2.24) is 24.9 Å². The van der Waals surface area contributed by atoms with Crippen molar-refractivity contribution >= 4 is 5.91 Å². The normalized spacial score (nSPS) is 20.4. The van der Waals surface area contributed by atoms with Crippen molar-refractivity contribution in [3.8, 4) is 5.69 Å². The molecule has 0 bridgehead atoms. The summed E-state index contributed by atoms with van der Waals surface area (Å²) in [7, 11) is 1.85. The molecule has 7 heteroatoms. The number of nitrogens with one attached hydrogen (secondary N) is 1. The van der Waals surface area contributed by atoms with E-state index in [-0.39, 0.29) is 24.0 Å². The van der Waals surface area contributed by atoms with Gasteiger partial charge >= 0.3 is 0 Å². The molecule has 1 aliphatic rings. The largest absolute Gasteiger partial charge is 0.393 e. The molecule has 7 nitrogen and oxygen atoms in total. The van der Waals surface area contributed by atoms with Crippen LogP contribution in [0.25, 0.3) is 5.69 Å². The second-order valence-corrected chi connectivity index (χ2v) is 6.78. The summed E-state index contributed by atoms with van der Waals surface area (Å²) < 4.78 is 3.47. The number of hydrogen-bond donors (Lipinski definition) is 2. The Kier molecular flexibility index (Phi) is 4.30. The molecular formula is C19H21N5O2. The predicted octanol–water partition coefficient (Wildman–Crippen LogP) is 1.85. The number of aromatic nitrogens is 4. The monoisotopic (exact) mass is 351 g/mol. The number of nitrogens with zero attached hydrogens (tertiary/aromatic N) is 4. The molecule has 0 saturated heterocycles. The van der Waals surface area contributed by atoms with E-state index in [9.17, 15) is 9.90 Å². The molecule has 1 aromatic carbocycles. The molecule has 26 heavy (non-hydrogen) atoms. The summed E-state index contributed by atoms with van der Waals surface area (Å²) in [5.74, 6) is 0.0914. The van der Waals surface area contributed by atoms with E-state index < -0.39 is 0 Å². The third kappa shape index (κ3) is 3.25. The van der Waals surface area contributed by atoms with E-state index in [0.29, 0.717) is 18.4 Å². The second kappa shape index (κ2) is 6.76. The van der Waals surface area contributed by atoms with Gasteiger partial charge in [0.15, 0.2) is 0 Å². The van der Waals surface area contributed by atoms with Gasteiger partial charge in [-0.25, -0.2) is 4.68 Å². The lowest BCUT2D eigenvalue weighted by Gasteiger charge is -2.37. The Morgan fingerprint density at radius 1 is 1.27 bits per heavy atom. The van der Waals surface area contributed by atoms with E-state index >= 15 is 0 Å². The van der Waals surface area contributed by atoms with Crippen LogP contribution in [0.3, 0.4) is 0 Å². The summed E-state index contributed by atoms with van der Waals surface area (Å²) in [6, 6.07) is 9.03. The van der Waals surface area contributed by atoms with Crippen molar-refractivity contribution in [2.75, 3.05) is 0 Å². The second-order valence-electron chi connectivity index (χ2n) is 6.78. The molecular weight excluding hydrogens is 330 g/mol. The van der Waals surface area contributed by atoms with Crippen molar-refractivity contribution in [1.29, 1.82) is 0 Å². The minimum atomic E-state index is -0.274. The number of amides is 1. The van der Waals surface area contributed by atoms with Gasteiger partial charge in [-0.3, -0.25) is 9.48 Å². The van der Waals surface area contributed by atoms with Crippen LogP contribution in [0, 0.1) is 5.92 Å². The number of benzene rings is 1. The van der Waals surface area contributed by atoms with Gasteiger partial charge in [0, 0.05) is 36.8 Å².